The maximum Gasteiger partial charge on any atom is 0.222 e. The van der Waals surface area contributed by atoms with Crippen LogP contribution in [0, 0.1) is 6.92 Å². The first kappa shape index (κ1) is 21.5. The zero-order chi connectivity index (χ0) is 22.7. The molecule has 166 valence electrons. The third kappa shape index (κ3) is 4.19. The molecule has 32 heavy (non-hydrogen) atoms. The van der Waals surface area contributed by atoms with Gasteiger partial charge in [0.1, 0.15) is 11.4 Å². The van der Waals surface area contributed by atoms with Crippen molar-refractivity contribution in [3.05, 3.63) is 71.0 Å². The average Bonchev–Trinajstić information content (AvgIpc) is 3.14. The van der Waals surface area contributed by atoms with Gasteiger partial charge in [0.2, 0.25) is 5.95 Å². The van der Waals surface area contributed by atoms with E-state index in [1.165, 1.54) is 5.56 Å². The molecule has 0 unspecified atom stereocenters. The van der Waals surface area contributed by atoms with E-state index >= 15 is 0 Å². The van der Waals surface area contributed by atoms with Crippen molar-refractivity contribution in [2.45, 2.75) is 26.3 Å². The van der Waals surface area contributed by atoms with Crippen LogP contribution in [0.15, 0.2) is 48.7 Å². The van der Waals surface area contributed by atoms with Crippen molar-refractivity contribution >= 4 is 17.0 Å². The van der Waals surface area contributed by atoms with Crippen molar-refractivity contribution in [2.75, 3.05) is 27.1 Å². The van der Waals surface area contributed by atoms with Crippen LogP contribution in [-0.4, -0.2) is 35.9 Å². The Balaban J connectivity index is 1.73. The quantitative estimate of drug-likeness (QED) is 0.450. The summed E-state index contributed by atoms with van der Waals surface area (Å²) in [5.74, 6) is 2.39. The maximum absolute atomic E-state index is 5.98. The number of nitrogens with zero attached hydrogens (tertiary/aromatic N) is 3. The predicted octanol–water partition coefficient (Wildman–Crippen LogP) is 4.18. The van der Waals surface area contributed by atoms with Gasteiger partial charge < -0.3 is 24.5 Å². The van der Waals surface area contributed by atoms with E-state index in [9.17, 15) is 0 Å². The molecule has 0 atom stereocenters. The van der Waals surface area contributed by atoms with Gasteiger partial charge >= 0.3 is 0 Å². The molecular weight excluding hydrogens is 404 g/mol. The van der Waals surface area contributed by atoms with E-state index in [0.29, 0.717) is 12.3 Å². The van der Waals surface area contributed by atoms with E-state index < -0.39 is 0 Å². The molecule has 0 fully saturated rings. The van der Waals surface area contributed by atoms with E-state index in [1.54, 1.807) is 21.3 Å². The second-order valence-corrected chi connectivity index (χ2v) is 7.66. The molecule has 7 heteroatoms. The minimum Gasteiger partial charge on any atom is -0.497 e. The minimum atomic E-state index is 0.285. The van der Waals surface area contributed by atoms with Crippen molar-refractivity contribution in [3.8, 4) is 17.2 Å². The van der Waals surface area contributed by atoms with Gasteiger partial charge in [-0.2, -0.15) is 4.98 Å². The number of rotatable bonds is 8. The molecule has 0 aliphatic carbocycles. The summed E-state index contributed by atoms with van der Waals surface area (Å²) in [4.78, 5) is 8.98. The fourth-order valence-corrected chi connectivity index (χ4v) is 4.15. The Morgan fingerprint density at radius 2 is 1.66 bits per heavy atom. The second-order valence-electron chi connectivity index (χ2n) is 7.66. The molecule has 0 spiro atoms. The van der Waals surface area contributed by atoms with Gasteiger partial charge in [0.15, 0.2) is 11.5 Å². The molecule has 0 bridgehead atoms. The largest absolute Gasteiger partial charge is 0.497 e. The second kappa shape index (κ2) is 9.18. The first-order valence-electron chi connectivity index (χ1n) is 10.5. The molecule has 7 nitrogen and oxygen atoms in total. The summed E-state index contributed by atoms with van der Waals surface area (Å²) < 4.78 is 18.7. The third-order valence-electron chi connectivity index (χ3n) is 5.62. The summed E-state index contributed by atoms with van der Waals surface area (Å²) in [6.45, 7) is 2.69. The normalized spacial score (nSPS) is 11.0. The highest BCUT2D eigenvalue weighted by Gasteiger charge is 2.17. The first-order chi connectivity index (χ1) is 15.5. The van der Waals surface area contributed by atoms with Crippen LogP contribution in [0.5, 0.6) is 17.2 Å². The SMILES string of the molecule is COc1cc(CCc2cn(Cc3ccccc3)c3nc(N)nc(C)c23)c(OC)c(OC)c1. The van der Waals surface area contributed by atoms with Crippen LogP contribution in [0.3, 0.4) is 0 Å². The van der Waals surface area contributed by atoms with Crippen LogP contribution >= 0.6 is 0 Å². The number of anilines is 1. The Kier molecular flexibility index (Phi) is 6.16. The van der Waals surface area contributed by atoms with Crippen LogP contribution in [0.2, 0.25) is 0 Å². The molecule has 2 N–H and O–H groups in total. The predicted molar refractivity (Wildman–Crippen MR) is 126 cm³/mol. The molecule has 0 amide bonds. The van der Waals surface area contributed by atoms with E-state index in [-0.39, 0.29) is 5.95 Å². The molecule has 0 saturated heterocycles. The smallest absolute Gasteiger partial charge is 0.222 e. The summed E-state index contributed by atoms with van der Waals surface area (Å²) in [5, 5.41) is 1.05. The molecule has 0 aliphatic heterocycles. The van der Waals surface area contributed by atoms with Gasteiger partial charge in [0, 0.05) is 29.8 Å². The topological polar surface area (TPSA) is 84.4 Å². The number of aromatic nitrogens is 3. The number of hydrogen-bond acceptors (Lipinski definition) is 6. The van der Waals surface area contributed by atoms with Gasteiger partial charge in [-0.3, -0.25) is 0 Å². The van der Waals surface area contributed by atoms with Gasteiger partial charge in [-0.25, -0.2) is 4.98 Å². The standard InChI is InChI=1S/C25H28N4O3/c1-16-22-19(11-10-18-12-20(30-2)13-21(31-3)23(18)32-4)15-29(24(22)28-25(26)27-16)14-17-8-6-5-7-9-17/h5-9,12-13,15H,10-11,14H2,1-4H3,(H2,26,27,28). The summed E-state index contributed by atoms with van der Waals surface area (Å²) in [7, 11) is 4.93. The van der Waals surface area contributed by atoms with Crippen LogP contribution in [0.4, 0.5) is 5.95 Å². The summed E-state index contributed by atoms with van der Waals surface area (Å²) >= 11 is 0. The lowest BCUT2D eigenvalue weighted by atomic mass is 10.0. The summed E-state index contributed by atoms with van der Waals surface area (Å²) in [5.41, 5.74) is 11.1. The zero-order valence-electron chi connectivity index (χ0n) is 18.9. The molecular formula is C25H28N4O3. The lowest BCUT2D eigenvalue weighted by Crippen LogP contribution is -2.03. The molecule has 0 aliphatic rings. The molecule has 4 aromatic rings. The Labute approximate surface area is 187 Å². The fourth-order valence-electron chi connectivity index (χ4n) is 4.15. The number of ether oxygens (including phenoxy) is 3. The number of benzene rings is 2. The third-order valence-corrected chi connectivity index (χ3v) is 5.62. The van der Waals surface area contributed by atoms with Gasteiger partial charge in [0.05, 0.1) is 27.0 Å². The number of fused-ring (bicyclic) bond motifs is 1. The molecule has 0 radical (unpaired) electrons. The highest BCUT2D eigenvalue weighted by Crippen LogP contribution is 2.37. The van der Waals surface area contributed by atoms with Crippen molar-refractivity contribution < 1.29 is 14.2 Å². The van der Waals surface area contributed by atoms with Gasteiger partial charge in [-0.15, -0.1) is 0 Å². The van der Waals surface area contributed by atoms with Crippen LogP contribution in [0.1, 0.15) is 22.4 Å². The van der Waals surface area contributed by atoms with E-state index in [0.717, 1.165) is 52.2 Å². The molecule has 0 saturated carbocycles. The van der Waals surface area contributed by atoms with Gasteiger partial charge in [-0.05, 0) is 37.0 Å². The Hall–Kier alpha value is -3.74. The van der Waals surface area contributed by atoms with Crippen LogP contribution in [-0.2, 0) is 19.4 Å². The molecule has 2 aromatic carbocycles. The van der Waals surface area contributed by atoms with Crippen molar-refractivity contribution in [3.63, 3.8) is 0 Å². The highest BCUT2D eigenvalue weighted by molar-refractivity contribution is 5.84. The number of methoxy groups -OCH3 is 3. The Morgan fingerprint density at radius 3 is 2.34 bits per heavy atom. The maximum atomic E-state index is 5.98. The lowest BCUT2D eigenvalue weighted by molar-refractivity contribution is 0.345. The van der Waals surface area contributed by atoms with Crippen molar-refractivity contribution in [2.24, 2.45) is 0 Å². The molecule has 4 rings (SSSR count). The Bertz CT molecular complexity index is 1240. The number of hydrogen-bond donors (Lipinski definition) is 1. The molecule has 2 aromatic heterocycles. The average molecular weight is 433 g/mol. The summed E-state index contributed by atoms with van der Waals surface area (Å²) in [6, 6.07) is 14.1. The van der Waals surface area contributed by atoms with E-state index in [1.807, 2.05) is 37.3 Å². The van der Waals surface area contributed by atoms with Gasteiger partial charge in [-0.1, -0.05) is 30.3 Å². The minimum absolute atomic E-state index is 0.285. The summed E-state index contributed by atoms with van der Waals surface area (Å²) in [6.07, 6.45) is 3.67. The molecule has 2 heterocycles. The first-order valence-corrected chi connectivity index (χ1v) is 10.5. The Morgan fingerprint density at radius 1 is 0.906 bits per heavy atom. The zero-order valence-corrected chi connectivity index (χ0v) is 18.9. The van der Waals surface area contributed by atoms with E-state index in [2.05, 4.69) is 32.9 Å². The van der Waals surface area contributed by atoms with Crippen molar-refractivity contribution in [1.29, 1.82) is 0 Å². The highest BCUT2D eigenvalue weighted by atomic mass is 16.5. The van der Waals surface area contributed by atoms with E-state index in [4.69, 9.17) is 19.9 Å². The monoisotopic (exact) mass is 432 g/mol. The number of nitrogens with two attached hydrogens (primary N) is 1. The van der Waals surface area contributed by atoms with Gasteiger partial charge in [0.25, 0.3) is 0 Å². The number of aryl methyl sites for hydroxylation is 3. The lowest BCUT2D eigenvalue weighted by Gasteiger charge is -2.14. The van der Waals surface area contributed by atoms with Crippen LogP contribution in [0.25, 0.3) is 11.0 Å². The number of nitrogen functional groups attached to an aromatic ring is 1. The fraction of sp³-hybridized carbons (Fsp3) is 0.280. The van der Waals surface area contributed by atoms with Crippen molar-refractivity contribution in [1.82, 2.24) is 14.5 Å². The van der Waals surface area contributed by atoms with Crippen LogP contribution < -0.4 is 19.9 Å².